The molecule has 24 heavy (non-hydrogen) atoms. The minimum Gasteiger partial charge on any atom is -0.486 e. The highest BCUT2D eigenvalue weighted by Gasteiger charge is 2.35. The number of ether oxygens (including phenoxy) is 2. The molecule has 0 aliphatic carbocycles. The van der Waals surface area contributed by atoms with Crippen molar-refractivity contribution in [2.24, 2.45) is 0 Å². The van der Waals surface area contributed by atoms with Crippen molar-refractivity contribution in [1.82, 2.24) is 4.98 Å². The normalized spacial score (nSPS) is 14.1. The van der Waals surface area contributed by atoms with Crippen molar-refractivity contribution in [3.63, 3.8) is 0 Å². The van der Waals surface area contributed by atoms with Crippen LogP contribution >= 0.6 is 0 Å². The van der Waals surface area contributed by atoms with Gasteiger partial charge in [-0.15, -0.1) is 0 Å². The number of aromatic nitrogens is 1. The predicted octanol–water partition coefficient (Wildman–Crippen LogP) is 4.59. The summed E-state index contributed by atoms with van der Waals surface area (Å²) < 4.78 is 50.8. The Balaban J connectivity index is 1.90. The lowest BCUT2D eigenvalue weighted by Gasteiger charge is -2.19. The largest absolute Gasteiger partial charge is 0.486 e. The molecule has 3 nitrogen and oxygen atoms in total. The summed E-state index contributed by atoms with van der Waals surface area (Å²) in [6.45, 7) is 4.39. The van der Waals surface area contributed by atoms with Crippen molar-refractivity contribution in [2.75, 3.05) is 13.2 Å². The summed E-state index contributed by atoms with van der Waals surface area (Å²) in [5, 5.41) is 0. The Bertz CT molecular complexity index is 742. The highest BCUT2D eigenvalue weighted by atomic mass is 19.4. The van der Waals surface area contributed by atoms with E-state index >= 15 is 0 Å². The molecule has 1 aromatic heterocycles. The molecule has 0 radical (unpaired) electrons. The first-order chi connectivity index (χ1) is 11.3. The zero-order valence-electron chi connectivity index (χ0n) is 13.5. The number of benzene rings is 1. The molecule has 0 bridgehead atoms. The van der Waals surface area contributed by atoms with Gasteiger partial charge in [-0.2, -0.15) is 13.2 Å². The summed E-state index contributed by atoms with van der Waals surface area (Å²) in [6.07, 6.45) is -2.54. The zero-order valence-corrected chi connectivity index (χ0v) is 13.5. The SMILES string of the molecule is CC(C)c1ncc(Cc2ccc3c(c2)OCCO3)cc1C(F)(F)F. The molecule has 0 unspecified atom stereocenters. The van der Waals surface area contributed by atoms with Crippen molar-refractivity contribution in [2.45, 2.75) is 32.4 Å². The van der Waals surface area contributed by atoms with E-state index in [1.807, 2.05) is 6.07 Å². The third-order valence-electron chi connectivity index (χ3n) is 3.84. The zero-order chi connectivity index (χ0) is 17.3. The molecule has 0 N–H and O–H groups in total. The fraction of sp³-hybridized carbons (Fsp3) is 0.389. The van der Waals surface area contributed by atoms with Gasteiger partial charge >= 0.3 is 6.18 Å². The van der Waals surface area contributed by atoms with Crippen LogP contribution in [0.4, 0.5) is 13.2 Å². The summed E-state index contributed by atoms with van der Waals surface area (Å²) in [4.78, 5) is 4.05. The molecule has 1 aliphatic rings. The number of pyridine rings is 1. The number of alkyl halides is 3. The van der Waals surface area contributed by atoms with Crippen LogP contribution in [0.25, 0.3) is 0 Å². The number of fused-ring (bicyclic) bond motifs is 1. The van der Waals surface area contributed by atoms with Gasteiger partial charge in [0.1, 0.15) is 13.2 Å². The molecule has 128 valence electrons. The standard InChI is InChI=1S/C18H18F3NO2/c1-11(2)17-14(18(19,20)21)8-13(10-22-17)7-12-3-4-15-16(9-12)24-6-5-23-15/h3-4,8-11H,5-7H2,1-2H3. The first-order valence-electron chi connectivity index (χ1n) is 7.79. The molecule has 0 spiro atoms. The van der Waals surface area contributed by atoms with Crippen LogP contribution in [0.15, 0.2) is 30.5 Å². The fourth-order valence-electron chi connectivity index (χ4n) is 2.74. The lowest BCUT2D eigenvalue weighted by Crippen LogP contribution is -2.15. The summed E-state index contributed by atoms with van der Waals surface area (Å²) >= 11 is 0. The van der Waals surface area contributed by atoms with E-state index in [1.165, 1.54) is 12.3 Å². The third kappa shape index (κ3) is 3.47. The molecule has 1 aliphatic heterocycles. The van der Waals surface area contributed by atoms with E-state index in [-0.39, 0.29) is 11.6 Å². The Kier molecular flexibility index (Phi) is 4.39. The van der Waals surface area contributed by atoms with Gasteiger partial charge in [0.15, 0.2) is 11.5 Å². The van der Waals surface area contributed by atoms with Crippen LogP contribution in [0.2, 0.25) is 0 Å². The third-order valence-corrected chi connectivity index (χ3v) is 3.84. The Morgan fingerprint density at radius 3 is 2.42 bits per heavy atom. The van der Waals surface area contributed by atoms with E-state index in [9.17, 15) is 13.2 Å². The molecular weight excluding hydrogens is 319 g/mol. The molecular formula is C18H18F3NO2. The lowest BCUT2D eigenvalue weighted by atomic mass is 9.99. The molecule has 0 amide bonds. The van der Waals surface area contributed by atoms with Crippen molar-refractivity contribution in [1.29, 1.82) is 0 Å². The maximum atomic E-state index is 13.3. The second kappa shape index (κ2) is 6.34. The van der Waals surface area contributed by atoms with E-state index in [0.717, 1.165) is 5.56 Å². The van der Waals surface area contributed by atoms with Gasteiger partial charge in [0.05, 0.1) is 11.3 Å². The quantitative estimate of drug-likeness (QED) is 0.821. The summed E-state index contributed by atoms with van der Waals surface area (Å²) in [5.74, 6) is 1.00. The van der Waals surface area contributed by atoms with Crippen LogP contribution in [0.3, 0.4) is 0 Å². The second-order valence-corrected chi connectivity index (χ2v) is 6.08. The Hall–Kier alpha value is -2.24. The van der Waals surface area contributed by atoms with Crippen molar-refractivity contribution in [3.8, 4) is 11.5 Å². The molecule has 0 fully saturated rings. The second-order valence-electron chi connectivity index (χ2n) is 6.08. The van der Waals surface area contributed by atoms with Crippen LogP contribution in [0, 0.1) is 0 Å². The Morgan fingerprint density at radius 2 is 1.75 bits per heavy atom. The van der Waals surface area contributed by atoms with E-state index in [2.05, 4.69) is 4.98 Å². The van der Waals surface area contributed by atoms with E-state index in [4.69, 9.17) is 9.47 Å². The Labute approximate surface area is 138 Å². The number of halogens is 3. The van der Waals surface area contributed by atoms with Gasteiger partial charge in [0.25, 0.3) is 0 Å². The maximum Gasteiger partial charge on any atom is 0.418 e. The number of rotatable bonds is 3. The molecule has 2 aromatic rings. The van der Waals surface area contributed by atoms with Crippen molar-refractivity contribution >= 4 is 0 Å². The van der Waals surface area contributed by atoms with Crippen LogP contribution in [-0.4, -0.2) is 18.2 Å². The predicted molar refractivity (Wildman–Crippen MR) is 83.6 cm³/mol. The van der Waals surface area contributed by atoms with Gasteiger partial charge < -0.3 is 9.47 Å². The topological polar surface area (TPSA) is 31.4 Å². The molecule has 3 rings (SSSR count). The smallest absolute Gasteiger partial charge is 0.418 e. The average Bonchev–Trinajstić information content (AvgIpc) is 2.53. The number of hydrogen-bond acceptors (Lipinski definition) is 3. The lowest BCUT2D eigenvalue weighted by molar-refractivity contribution is -0.138. The molecule has 2 heterocycles. The molecule has 0 atom stereocenters. The van der Waals surface area contributed by atoms with Gasteiger partial charge in [-0.05, 0) is 41.7 Å². The van der Waals surface area contributed by atoms with Gasteiger partial charge in [-0.25, -0.2) is 0 Å². The average molecular weight is 337 g/mol. The number of nitrogens with zero attached hydrogens (tertiary/aromatic N) is 1. The first-order valence-corrected chi connectivity index (χ1v) is 7.79. The van der Waals surface area contributed by atoms with Crippen molar-refractivity contribution in [3.05, 3.63) is 52.8 Å². The first kappa shape index (κ1) is 16.6. The van der Waals surface area contributed by atoms with Gasteiger partial charge in [-0.1, -0.05) is 19.9 Å². The van der Waals surface area contributed by atoms with Gasteiger partial charge in [0.2, 0.25) is 0 Å². The van der Waals surface area contributed by atoms with Gasteiger partial charge in [-0.3, -0.25) is 4.98 Å². The van der Waals surface area contributed by atoms with Crippen LogP contribution in [0.5, 0.6) is 11.5 Å². The monoisotopic (exact) mass is 337 g/mol. The van der Waals surface area contributed by atoms with E-state index < -0.39 is 11.7 Å². The Morgan fingerprint density at radius 1 is 1.04 bits per heavy atom. The fourth-order valence-corrected chi connectivity index (χ4v) is 2.74. The van der Waals surface area contributed by atoms with E-state index in [0.29, 0.717) is 36.7 Å². The molecule has 6 heteroatoms. The van der Waals surface area contributed by atoms with Crippen molar-refractivity contribution < 1.29 is 22.6 Å². The van der Waals surface area contributed by atoms with Crippen LogP contribution in [-0.2, 0) is 12.6 Å². The van der Waals surface area contributed by atoms with Crippen LogP contribution in [0.1, 0.15) is 42.1 Å². The summed E-state index contributed by atoms with van der Waals surface area (Å²) in [6, 6.07) is 6.61. The number of hydrogen-bond donors (Lipinski definition) is 0. The maximum absolute atomic E-state index is 13.3. The van der Waals surface area contributed by atoms with Crippen LogP contribution < -0.4 is 9.47 Å². The molecule has 1 aromatic carbocycles. The summed E-state index contributed by atoms with van der Waals surface area (Å²) in [7, 11) is 0. The molecule has 0 saturated heterocycles. The van der Waals surface area contributed by atoms with Gasteiger partial charge in [0, 0.05) is 6.20 Å². The summed E-state index contributed by atoms with van der Waals surface area (Å²) in [5.41, 5.74) is 0.788. The minimum absolute atomic E-state index is 0.0772. The molecule has 0 saturated carbocycles. The highest BCUT2D eigenvalue weighted by Crippen LogP contribution is 2.35. The minimum atomic E-state index is -4.41. The van der Waals surface area contributed by atoms with E-state index in [1.54, 1.807) is 26.0 Å². The highest BCUT2D eigenvalue weighted by molar-refractivity contribution is 5.45.